The van der Waals surface area contributed by atoms with Gasteiger partial charge < -0.3 is 20.3 Å². The summed E-state index contributed by atoms with van der Waals surface area (Å²) in [5.41, 5.74) is 0. The van der Waals surface area contributed by atoms with Crippen LogP contribution < -0.4 is 15.4 Å². The lowest BCUT2D eigenvalue weighted by molar-refractivity contribution is 0.197. The highest BCUT2D eigenvalue weighted by molar-refractivity contribution is 14.0. The number of likely N-dealkylation sites (tertiary alicyclic amines) is 1. The quantitative estimate of drug-likeness (QED) is 0.350. The fourth-order valence-corrected chi connectivity index (χ4v) is 3.39. The maximum Gasteiger partial charge on any atom is 0.191 e. The molecule has 0 amide bonds. The average Bonchev–Trinajstić information content (AvgIpc) is 3.46. The number of hydrogen-bond donors (Lipinski definition) is 2. The van der Waals surface area contributed by atoms with E-state index in [1.54, 1.807) is 12.1 Å². The Hall–Kier alpha value is -1.09. The average molecular weight is 490 g/mol. The van der Waals surface area contributed by atoms with Crippen molar-refractivity contribution in [1.82, 2.24) is 15.5 Å². The SMILES string of the molecule is CCNC(=NCC(C)Oc1cccc(F)c1)NC1CCN(C2CC2)CC1.I. The van der Waals surface area contributed by atoms with Gasteiger partial charge in [0.1, 0.15) is 17.7 Å². The van der Waals surface area contributed by atoms with E-state index in [4.69, 9.17) is 4.74 Å². The highest BCUT2D eigenvalue weighted by atomic mass is 127. The Balaban J connectivity index is 0.00000261. The summed E-state index contributed by atoms with van der Waals surface area (Å²) in [5.74, 6) is 1.09. The number of rotatable bonds is 7. The van der Waals surface area contributed by atoms with Gasteiger partial charge in [-0.3, -0.25) is 0 Å². The van der Waals surface area contributed by atoms with Crippen molar-refractivity contribution >= 4 is 29.9 Å². The molecule has 2 aliphatic rings. The Morgan fingerprint density at radius 2 is 2.04 bits per heavy atom. The first-order chi connectivity index (χ1) is 12.6. The third kappa shape index (κ3) is 7.44. The summed E-state index contributed by atoms with van der Waals surface area (Å²) in [4.78, 5) is 7.28. The second kappa shape index (κ2) is 11.0. The summed E-state index contributed by atoms with van der Waals surface area (Å²) in [7, 11) is 0. The van der Waals surface area contributed by atoms with Crippen LogP contribution in [0.25, 0.3) is 0 Å². The van der Waals surface area contributed by atoms with E-state index < -0.39 is 0 Å². The predicted molar refractivity (Wildman–Crippen MR) is 119 cm³/mol. The maximum atomic E-state index is 13.2. The van der Waals surface area contributed by atoms with Crippen LogP contribution in [0, 0.1) is 5.82 Å². The fraction of sp³-hybridized carbons (Fsp3) is 0.650. The van der Waals surface area contributed by atoms with Gasteiger partial charge in [0.25, 0.3) is 0 Å². The van der Waals surface area contributed by atoms with Crippen molar-refractivity contribution in [2.45, 2.75) is 57.7 Å². The standard InChI is InChI=1S/C20H31FN4O.HI/c1-3-22-20(24-17-9-11-25(12-10-17)18-7-8-18)23-14-15(2)26-19-6-4-5-16(21)13-19;/h4-6,13,15,17-18H,3,7-12,14H2,1-2H3,(H2,22,23,24);1H. The van der Waals surface area contributed by atoms with Gasteiger partial charge in [-0.05, 0) is 51.7 Å². The molecule has 2 fully saturated rings. The molecule has 7 heteroatoms. The van der Waals surface area contributed by atoms with Crippen LogP contribution in [0.15, 0.2) is 29.3 Å². The summed E-state index contributed by atoms with van der Waals surface area (Å²) in [6.07, 6.45) is 4.97. The number of aliphatic imine (C=N–C) groups is 1. The van der Waals surface area contributed by atoms with Gasteiger partial charge in [-0.15, -0.1) is 24.0 Å². The van der Waals surface area contributed by atoms with E-state index in [0.29, 0.717) is 18.3 Å². The molecule has 2 N–H and O–H groups in total. The molecule has 1 saturated carbocycles. The fourth-order valence-electron chi connectivity index (χ4n) is 3.39. The highest BCUT2D eigenvalue weighted by Crippen LogP contribution is 2.29. The summed E-state index contributed by atoms with van der Waals surface area (Å²) in [5, 5.41) is 6.88. The molecule has 3 rings (SSSR count). The first-order valence-corrected chi connectivity index (χ1v) is 9.85. The number of nitrogens with zero attached hydrogens (tertiary/aromatic N) is 2. The minimum atomic E-state index is -0.286. The van der Waals surface area contributed by atoms with Crippen LogP contribution in [0.3, 0.4) is 0 Å². The molecule has 1 aromatic carbocycles. The largest absolute Gasteiger partial charge is 0.489 e. The van der Waals surface area contributed by atoms with E-state index in [9.17, 15) is 4.39 Å². The van der Waals surface area contributed by atoms with E-state index in [-0.39, 0.29) is 35.9 Å². The van der Waals surface area contributed by atoms with Crippen molar-refractivity contribution < 1.29 is 9.13 Å². The zero-order valence-corrected chi connectivity index (χ0v) is 18.6. The molecule has 5 nitrogen and oxygen atoms in total. The minimum absolute atomic E-state index is 0. The molecule has 1 aliphatic heterocycles. The molecule has 0 radical (unpaired) electrons. The van der Waals surface area contributed by atoms with Gasteiger partial charge in [0.15, 0.2) is 5.96 Å². The highest BCUT2D eigenvalue weighted by Gasteiger charge is 2.31. The third-order valence-corrected chi connectivity index (χ3v) is 4.92. The first-order valence-electron chi connectivity index (χ1n) is 9.85. The second-order valence-electron chi connectivity index (χ2n) is 7.29. The molecule has 0 aromatic heterocycles. The van der Waals surface area contributed by atoms with Crippen LogP contribution in [0.2, 0.25) is 0 Å². The zero-order chi connectivity index (χ0) is 18.4. The Kier molecular flexibility index (Phi) is 9.08. The lowest BCUT2D eigenvalue weighted by atomic mass is 10.1. The van der Waals surface area contributed by atoms with Gasteiger partial charge in [0.2, 0.25) is 0 Å². The summed E-state index contributed by atoms with van der Waals surface area (Å²) < 4.78 is 19.0. The number of halogens is 2. The smallest absolute Gasteiger partial charge is 0.191 e. The molecule has 0 bridgehead atoms. The van der Waals surface area contributed by atoms with Crippen molar-refractivity contribution in [3.63, 3.8) is 0 Å². The monoisotopic (exact) mass is 490 g/mol. The van der Waals surface area contributed by atoms with E-state index in [2.05, 4.69) is 27.4 Å². The van der Waals surface area contributed by atoms with Crippen molar-refractivity contribution in [2.24, 2.45) is 4.99 Å². The van der Waals surface area contributed by atoms with E-state index in [1.165, 1.54) is 38.1 Å². The van der Waals surface area contributed by atoms with Gasteiger partial charge in [-0.1, -0.05) is 6.07 Å². The molecule has 0 spiro atoms. The van der Waals surface area contributed by atoms with Gasteiger partial charge >= 0.3 is 0 Å². The van der Waals surface area contributed by atoms with Crippen molar-refractivity contribution in [1.29, 1.82) is 0 Å². The van der Waals surface area contributed by atoms with Crippen molar-refractivity contribution in [3.8, 4) is 5.75 Å². The van der Waals surface area contributed by atoms with Gasteiger partial charge in [-0.25, -0.2) is 9.38 Å². The Morgan fingerprint density at radius 1 is 1.30 bits per heavy atom. The van der Waals surface area contributed by atoms with Gasteiger partial charge in [-0.2, -0.15) is 0 Å². The molecular weight excluding hydrogens is 458 g/mol. The molecule has 1 saturated heterocycles. The van der Waals surface area contributed by atoms with Crippen LogP contribution in [0.1, 0.15) is 39.5 Å². The first kappa shape index (κ1) is 22.2. The molecule has 152 valence electrons. The molecule has 27 heavy (non-hydrogen) atoms. The van der Waals surface area contributed by atoms with E-state index >= 15 is 0 Å². The number of guanidine groups is 1. The van der Waals surface area contributed by atoms with E-state index in [0.717, 1.165) is 31.4 Å². The molecule has 1 aromatic rings. The Morgan fingerprint density at radius 3 is 2.67 bits per heavy atom. The number of nitrogens with one attached hydrogen (secondary N) is 2. The number of ether oxygens (including phenoxy) is 1. The number of benzene rings is 1. The molecule has 1 heterocycles. The summed E-state index contributed by atoms with van der Waals surface area (Å²) >= 11 is 0. The minimum Gasteiger partial charge on any atom is -0.489 e. The Bertz CT molecular complexity index is 603. The zero-order valence-electron chi connectivity index (χ0n) is 16.3. The van der Waals surface area contributed by atoms with Gasteiger partial charge in [0, 0.05) is 37.8 Å². The molecule has 1 unspecified atom stereocenters. The van der Waals surface area contributed by atoms with Crippen LogP contribution in [0.4, 0.5) is 4.39 Å². The topological polar surface area (TPSA) is 48.9 Å². The van der Waals surface area contributed by atoms with Crippen LogP contribution >= 0.6 is 24.0 Å². The number of hydrogen-bond acceptors (Lipinski definition) is 3. The maximum absolute atomic E-state index is 13.2. The van der Waals surface area contributed by atoms with Crippen LogP contribution in [-0.4, -0.2) is 55.2 Å². The van der Waals surface area contributed by atoms with Crippen LogP contribution in [0.5, 0.6) is 5.75 Å². The van der Waals surface area contributed by atoms with Gasteiger partial charge in [0.05, 0.1) is 6.54 Å². The van der Waals surface area contributed by atoms with E-state index in [1.807, 2.05) is 6.92 Å². The predicted octanol–water partition coefficient (Wildman–Crippen LogP) is 3.39. The molecule has 1 aliphatic carbocycles. The third-order valence-electron chi connectivity index (χ3n) is 4.92. The lowest BCUT2D eigenvalue weighted by Gasteiger charge is -2.33. The van der Waals surface area contributed by atoms with Crippen molar-refractivity contribution in [3.05, 3.63) is 30.1 Å². The molecular formula is C20H32FIN4O. The summed E-state index contributed by atoms with van der Waals surface area (Å²) in [6.45, 7) is 7.73. The Labute approximate surface area is 179 Å². The lowest BCUT2D eigenvalue weighted by Crippen LogP contribution is -2.49. The second-order valence-corrected chi connectivity index (χ2v) is 7.29. The van der Waals surface area contributed by atoms with Crippen molar-refractivity contribution in [2.75, 3.05) is 26.2 Å². The normalized spacial score (nSPS) is 19.9. The summed E-state index contributed by atoms with van der Waals surface area (Å²) in [6, 6.07) is 7.57. The number of piperidine rings is 1. The molecule has 1 atom stereocenters. The van der Waals surface area contributed by atoms with Crippen LogP contribution in [-0.2, 0) is 0 Å².